The molecule has 1 atom stereocenters. The predicted octanol–water partition coefficient (Wildman–Crippen LogP) is 1.25. The summed E-state index contributed by atoms with van der Waals surface area (Å²) in [6, 6.07) is 1.52. The maximum Gasteiger partial charge on any atom is 0.250 e. The molecular weight excluding hydrogens is 268 g/mol. The van der Waals surface area contributed by atoms with Gasteiger partial charge in [0.1, 0.15) is 4.21 Å². The summed E-state index contributed by atoms with van der Waals surface area (Å²) in [5.74, 6) is 2.98. The maximum absolute atomic E-state index is 12.1. The summed E-state index contributed by atoms with van der Waals surface area (Å²) >= 11 is 6.90. The van der Waals surface area contributed by atoms with E-state index in [1.54, 1.807) is 5.38 Å². The van der Waals surface area contributed by atoms with E-state index in [0.29, 0.717) is 9.23 Å². The summed E-state index contributed by atoms with van der Waals surface area (Å²) in [5.41, 5.74) is 4.49. The van der Waals surface area contributed by atoms with Crippen molar-refractivity contribution in [3.05, 3.63) is 16.5 Å². The van der Waals surface area contributed by atoms with Crippen molar-refractivity contribution < 1.29 is 9.00 Å². The van der Waals surface area contributed by atoms with Crippen LogP contribution in [0.4, 0.5) is 0 Å². The number of carbonyl (C=O) groups is 1. The van der Waals surface area contributed by atoms with Gasteiger partial charge in [-0.05, 0) is 25.8 Å². The summed E-state index contributed by atoms with van der Waals surface area (Å²) in [6.07, 6.45) is 0. The highest BCUT2D eigenvalue weighted by Gasteiger charge is 2.25. The Labute approximate surface area is 104 Å². The lowest BCUT2D eigenvalue weighted by Crippen LogP contribution is -2.50. The van der Waals surface area contributed by atoms with Crippen LogP contribution in [0.2, 0.25) is 5.02 Å². The number of carbonyl (C=O) groups excluding carboxylic acids is 1. The molecule has 0 radical (unpaired) electrons. The van der Waals surface area contributed by atoms with Crippen LogP contribution in [0.3, 0.4) is 0 Å². The normalized spacial score (nSPS) is 15.5. The number of nitrogens with one attached hydrogen (secondary N) is 1. The van der Waals surface area contributed by atoms with E-state index in [2.05, 4.69) is 10.6 Å². The Morgan fingerprint density at radius 3 is 2.62 bits per heavy atom. The first-order valence-corrected chi connectivity index (χ1v) is 7.34. The van der Waals surface area contributed by atoms with Crippen molar-refractivity contribution in [1.29, 1.82) is 0 Å². The molecule has 0 spiro atoms. The van der Waals surface area contributed by atoms with Crippen molar-refractivity contribution in [2.45, 2.75) is 23.6 Å². The smallest absolute Gasteiger partial charge is 0.250 e. The van der Waals surface area contributed by atoms with Crippen molar-refractivity contribution in [3.8, 4) is 0 Å². The van der Waals surface area contributed by atoms with Crippen LogP contribution in [0.15, 0.2) is 15.7 Å². The molecule has 1 unspecified atom stereocenters. The van der Waals surface area contributed by atoms with E-state index in [4.69, 9.17) is 17.3 Å². The zero-order chi connectivity index (χ0) is 12.6. The highest BCUT2D eigenvalue weighted by molar-refractivity contribution is 8.00. The fourth-order valence-electron chi connectivity index (χ4n) is 0.799. The number of nitrogens with two attached hydrogens (primary N) is 1. The molecule has 0 bridgehead atoms. The Morgan fingerprint density at radius 2 is 2.25 bits per heavy atom. The van der Waals surface area contributed by atoms with Crippen LogP contribution in [0.5, 0.6) is 0 Å². The van der Waals surface area contributed by atoms with Crippen LogP contribution in [-0.4, -0.2) is 21.5 Å². The molecule has 0 saturated heterocycles. The zero-order valence-corrected chi connectivity index (χ0v) is 11.3. The van der Waals surface area contributed by atoms with Crippen molar-refractivity contribution in [3.63, 3.8) is 0 Å². The molecule has 0 aliphatic rings. The number of rotatable bonds is 3. The standard InChI is InChI=1S/C9H13ClN2O2S2/c1-9(2,11)8(13)12-16(3,14)7-4-6(10)5-15-7/h4-5H,3,11H2,1-2H3,(H,12,13,14). The van der Waals surface area contributed by atoms with Crippen molar-refractivity contribution in [2.24, 2.45) is 5.73 Å². The third-order valence-electron chi connectivity index (χ3n) is 1.71. The topological polar surface area (TPSA) is 72.2 Å². The molecule has 0 aliphatic carbocycles. The molecule has 1 aromatic rings. The third kappa shape index (κ3) is 3.21. The highest BCUT2D eigenvalue weighted by atomic mass is 35.5. The Balaban J connectivity index is 2.94. The minimum Gasteiger partial charge on any atom is -0.318 e. The molecule has 0 fully saturated rings. The van der Waals surface area contributed by atoms with Crippen LogP contribution >= 0.6 is 22.9 Å². The summed E-state index contributed by atoms with van der Waals surface area (Å²) in [6.45, 7) is 3.05. The zero-order valence-electron chi connectivity index (χ0n) is 8.95. The molecule has 0 saturated carbocycles. The summed E-state index contributed by atoms with van der Waals surface area (Å²) < 4.78 is 14.9. The Morgan fingerprint density at radius 1 is 1.69 bits per heavy atom. The number of halogens is 1. The summed E-state index contributed by atoms with van der Waals surface area (Å²) in [4.78, 5) is 11.6. The molecule has 0 aliphatic heterocycles. The van der Waals surface area contributed by atoms with E-state index in [1.165, 1.54) is 31.3 Å². The minimum atomic E-state index is -2.87. The van der Waals surface area contributed by atoms with Crippen molar-refractivity contribution in [1.82, 2.24) is 4.72 Å². The molecule has 1 rings (SSSR count). The number of hydrogen-bond donors (Lipinski definition) is 2. The monoisotopic (exact) mass is 280 g/mol. The largest absolute Gasteiger partial charge is 0.318 e. The van der Waals surface area contributed by atoms with Gasteiger partial charge in [-0.3, -0.25) is 9.52 Å². The number of thiophene rings is 1. The molecule has 90 valence electrons. The van der Waals surface area contributed by atoms with Gasteiger partial charge >= 0.3 is 0 Å². The SMILES string of the molecule is C=S(=O)(NC(=O)C(C)(C)N)c1cc(Cl)cs1. The van der Waals surface area contributed by atoms with E-state index in [0.717, 1.165) is 0 Å². The van der Waals surface area contributed by atoms with Crippen LogP contribution < -0.4 is 10.5 Å². The van der Waals surface area contributed by atoms with Gasteiger partial charge in [-0.15, -0.1) is 11.3 Å². The second-order valence-electron chi connectivity index (χ2n) is 3.91. The van der Waals surface area contributed by atoms with E-state index < -0.39 is 21.2 Å². The van der Waals surface area contributed by atoms with Crippen molar-refractivity contribution >= 4 is 44.4 Å². The molecule has 0 aromatic carbocycles. The first-order chi connectivity index (χ1) is 7.13. The molecule has 1 heterocycles. The van der Waals surface area contributed by atoms with Gasteiger partial charge in [0.05, 0.1) is 20.3 Å². The van der Waals surface area contributed by atoms with Gasteiger partial charge in [0.25, 0.3) is 5.91 Å². The average Bonchev–Trinajstić information content (AvgIpc) is 2.49. The predicted molar refractivity (Wildman–Crippen MR) is 69.3 cm³/mol. The van der Waals surface area contributed by atoms with E-state index in [1.807, 2.05) is 0 Å². The lowest BCUT2D eigenvalue weighted by Gasteiger charge is -2.19. The van der Waals surface area contributed by atoms with Crippen LogP contribution in [0.25, 0.3) is 0 Å². The summed E-state index contributed by atoms with van der Waals surface area (Å²) in [5, 5.41) is 2.10. The van der Waals surface area contributed by atoms with Gasteiger partial charge in [-0.25, -0.2) is 4.21 Å². The van der Waals surface area contributed by atoms with Gasteiger partial charge in [0.2, 0.25) is 0 Å². The van der Waals surface area contributed by atoms with E-state index in [9.17, 15) is 9.00 Å². The van der Waals surface area contributed by atoms with Gasteiger partial charge in [0.15, 0.2) is 0 Å². The quantitative estimate of drug-likeness (QED) is 0.819. The molecule has 7 heteroatoms. The summed E-state index contributed by atoms with van der Waals surface area (Å²) in [7, 11) is -2.87. The number of hydrogen-bond acceptors (Lipinski definition) is 4. The molecule has 4 nitrogen and oxygen atoms in total. The average molecular weight is 281 g/mol. The molecule has 3 N–H and O–H groups in total. The van der Waals surface area contributed by atoms with Gasteiger partial charge in [-0.1, -0.05) is 11.6 Å². The van der Waals surface area contributed by atoms with Gasteiger partial charge in [0, 0.05) is 5.38 Å². The Hall–Kier alpha value is -0.560. The molecule has 1 aromatic heterocycles. The Kier molecular flexibility index (Phi) is 3.69. The van der Waals surface area contributed by atoms with Crippen LogP contribution in [0, 0.1) is 0 Å². The highest BCUT2D eigenvalue weighted by Crippen LogP contribution is 2.23. The fourth-order valence-corrected chi connectivity index (χ4v) is 3.53. The molecular formula is C9H13ClN2O2S2. The van der Waals surface area contributed by atoms with Crippen LogP contribution in [0.1, 0.15) is 13.8 Å². The molecule has 16 heavy (non-hydrogen) atoms. The van der Waals surface area contributed by atoms with Crippen molar-refractivity contribution in [2.75, 3.05) is 0 Å². The van der Waals surface area contributed by atoms with E-state index in [-0.39, 0.29) is 0 Å². The third-order valence-corrected chi connectivity index (χ3v) is 5.16. The van der Waals surface area contributed by atoms with Gasteiger partial charge in [-0.2, -0.15) is 0 Å². The minimum absolute atomic E-state index is 0.426. The van der Waals surface area contributed by atoms with Gasteiger partial charge < -0.3 is 5.73 Å². The second kappa shape index (κ2) is 4.37. The Bertz CT molecular complexity index is 500. The second-order valence-corrected chi connectivity index (χ2v) is 7.51. The number of amides is 1. The first kappa shape index (κ1) is 13.5. The van der Waals surface area contributed by atoms with E-state index >= 15 is 0 Å². The maximum atomic E-state index is 12.1. The van der Waals surface area contributed by atoms with Crippen LogP contribution in [-0.2, 0) is 14.5 Å². The lowest BCUT2D eigenvalue weighted by atomic mass is 10.1. The first-order valence-electron chi connectivity index (χ1n) is 4.35. The fraction of sp³-hybridized carbons (Fsp3) is 0.333. The lowest BCUT2D eigenvalue weighted by molar-refractivity contribution is -0.123. The molecule has 1 amide bonds.